The molecule has 1 amide bonds. The second-order valence-electron chi connectivity index (χ2n) is 5.60. The lowest BCUT2D eigenvalue weighted by molar-refractivity contribution is 0.0912. The van der Waals surface area contributed by atoms with Crippen LogP contribution >= 0.6 is 15.9 Å². The zero-order valence-electron chi connectivity index (χ0n) is 11.4. The van der Waals surface area contributed by atoms with Crippen molar-refractivity contribution in [3.63, 3.8) is 0 Å². The number of alkyl halides is 1. The van der Waals surface area contributed by atoms with E-state index in [0.29, 0.717) is 0 Å². The third-order valence-corrected chi connectivity index (χ3v) is 5.30. The van der Waals surface area contributed by atoms with Gasteiger partial charge in [-0.15, -0.1) is 0 Å². The molecule has 1 aliphatic carbocycles. The van der Waals surface area contributed by atoms with Crippen molar-refractivity contribution in [3.05, 3.63) is 48.0 Å². The van der Waals surface area contributed by atoms with Crippen LogP contribution in [-0.4, -0.2) is 16.8 Å². The van der Waals surface area contributed by atoms with Crippen LogP contribution in [0.1, 0.15) is 36.0 Å². The van der Waals surface area contributed by atoms with E-state index in [1.807, 2.05) is 42.5 Å². The Hall–Kier alpha value is -1.35. The first-order chi connectivity index (χ1) is 9.74. The monoisotopic (exact) mass is 331 g/mol. The first-order valence-corrected chi connectivity index (χ1v) is 8.22. The van der Waals surface area contributed by atoms with Crippen LogP contribution in [0, 0.1) is 0 Å². The second kappa shape index (κ2) is 5.57. The van der Waals surface area contributed by atoms with Crippen molar-refractivity contribution in [1.82, 2.24) is 5.32 Å². The third-order valence-electron chi connectivity index (χ3n) is 4.23. The van der Waals surface area contributed by atoms with Crippen LogP contribution in [0.4, 0.5) is 0 Å². The summed E-state index contributed by atoms with van der Waals surface area (Å²) in [7, 11) is 0. The molecule has 1 saturated carbocycles. The first kappa shape index (κ1) is 13.6. The molecule has 0 atom stereocenters. The predicted molar refractivity (Wildman–Crippen MR) is 86.4 cm³/mol. The Balaban J connectivity index is 1.93. The average molecular weight is 332 g/mol. The number of carbonyl (C=O) groups excluding carboxylic acids is 1. The zero-order chi connectivity index (χ0) is 14.0. The molecule has 104 valence electrons. The van der Waals surface area contributed by atoms with Crippen LogP contribution in [0.3, 0.4) is 0 Å². The number of halogens is 1. The molecule has 20 heavy (non-hydrogen) atoms. The van der Waals surface area contributed by atoms with Crippen LogP contribution in [-0.2, 0) is 0 Å². The topological polar surface area (TPSA) is 29.1 Å². The molecule has 1 N–H and O–H groups in total. The number of fused-ring (bicyclic) bond motifs is 1. The number of nitrogens with one attached hydrogen (secondary N) is 1. The Morgan fingerprint density at radius 3 is 2.55 bits per heavy atom. The van der Waals surface area contributed by atoms with Crippen LogP contribution in [0.5, 0.6) is 0 Å². The molecular formula is C17H18BrNO. The zero-order valence-corrected chi connectivity index (χ0v) is 12.9. The summed E-state index contributed by atoms with van der Waals surface area (Å²) in [6.07, 6.45) is 4.52. The molecule has 2 aromatic rings. The Morgan fingerprint density at radius 1 is 1.10 bits per heavy atom. The summed E-state index contributed by atoms with van der Waals surface area (Å²) in [6.45, 7) is 0. The van der Waals surface area contributed by atoms with Gasteiger partial charge >= 0.3 is 0 Å². The molecule has 2 nitrogen and oxygen atoms in total. The summed E-state index contributed by atoms with van der Waals surface area (Å²) in [6, 6.07) is 13.9. The van der Waals surface area contributed by atoms with E-state index in [4.69, 9.17) is 0 Å². The van der Waals surface area contributed by atoms with Gasteiger partial charge < -0.3 is 5.32 Å². The molecule has 1 fully saturated rings. The van der Waals surface area contributed by atoms with E-state index >= 15 is 0 Å². The van der Waals surface area contributed by atoms with E-state index in [9.17, 15) is 4.79 Å². The van der Waals surface area contributed by atoms with E-state index in [1.54, 1.807) is 0 Å². The maximum Gasteiger partial charge on any atom is 0.252 e. The van der Waals surface area contributed by atoms with Gasteiger partial charge in [0, 0.05) is 10.9 Å². The molecule has 0 bridgehead atoms. The standard InChI is InChI=1S/C17H18BrNO/c18-12-17(10-3-4-11-17)19-16(20)15-9-5-7-13-6-1-2-8-14(13)15/h1-2,5-9H,3-4,10-12H2,(H,19,20). The van der Waals surface area contributed by atoms with Gasteiger partial charge in [-0.2, -0.15) is 0 Å². The molecule has 2 aromatic carbocycles. The van der Waals surface area contributed by atoms with E-state index in [0.717, 1.165) is 34.5 Å². The van der Waals surface area contributed by atoms with Crippen molar-refractivity contribution in [2.75, 3.05) is 5.33 Å². The van der Waals surface area contributed by atoms with Crippen LogP contribution in [0.15, 0.2) is 42.5 Å². The van der Waals surface area contributed by atoms with Crippen LogP contribution < -0.4 is 5.32 Å². The second-order valence-corrected chi connectivity index (χ2v) is 6.16. The number of hydrogen-bond acceptors (Lipinski definition) is 1. The Labute approximate surface area is 127 Å². The number of hydrogen-bond donors (Lipinski definition) is 1. The van der Waals surface area contributed by atoms with E-state index < -0.39 is 0 Å². The highest BCUT2D eigenvalue weighted by atomic mass is 79.9. The lowest BCUT2D eigenvalue weighted by atomic mass is 9.98. The molecule has 0 aromatic heterocycles. The summed E-state index contributed by atoms with van der Waals surface area (Å²) in [4.78, 5) is 12.6. The molecule has 0 saturated heterocycles. The van der Waals surface area contributed by atoms with Crippen LogP contribution in [0.2, 0.25) is 0 Å². The van der Waals surface area contributed by atoms with E-state index in [-0.39, 0.29) is 11.4 Å². The fourth-order valence-corrected chi connectivity index (χ4v) is 3.78. The Kier molecular flexibility index (Phi) is 3.79. The minimum Gasteiger partial charge on any atom is -0.346 e. The predicted octanol–water partition coefficient (Wildman–Crippen LogP) is 4.28. The van der Waals surface area contributed by atoms with Crippen molar-refractivity contribution < 1.29 is 4.79 Å². The molecule has 0 spiro atoms. The van der Waals surface area contributed by atoms with Gasteiger partial charge in [0.2, 0.25) is 0 Å². The fourth-order valence-electron chi connectivity index (χ4n) is 3.08. The van der Waals surface area contributed by atoms with Crippen molar-refractivity contribution in [2.24, 2.45) is 0 Å². The van der Waals surface area contributed by atoms with Gasteiger partial charge in [0.25, 0.3) is 5.91 Å². The summed E-state index contributed by atoms with van der Waals surface area (Å²) in [5.74, 6) is 0.0446. The lowest BCUT2D eigenvalue weighted by Crippen LogP contribution is -2.47. The smallest absolute Gasteiger partial charge is 0.252 e. The number of rotatable bonds is 3. The molecule has 0 radical (unpaired) electrons. The van der Waals surface area contributed by atoms with Gasteiger partial charge in [-0.25, -0.2) is 0 Å². The fraction of sp³-hybridized carbons (Fsp3) is 0.353. The quantitative estimate of drug-likeness (QED) is 0.835. The summed E-state index contributed by atoms with van der Waals surface area (Å²) in [5, 5.41) is 6.23. The molecule has 3 rings (SSSR count). The molecule has 3 heteroatoms. The molecule has 0 unspecified atom stereocenters. The van der Waals surface area contributed by atoms with Crippen molar-refractivity contribution >= 4 is 32.6 Å². The molecular weight excluding hydrogens is 314 g/mol. The Morgan fingerprint density at radius 2 is 1.80 bits per heavy atom. The molecule has 0 heterocycles. The van der Waals surface area contributed by atoms with Gasteiger partial charge in [-0.3, -0.25) is 4.79 Å². The highest BCUT2D eigenvalue weighted by Crippen LogP contribution is 2.32. The number of amides is 1. The molecule has 0 aliphatic heterocycles. The molecule has 1 aliphatic rings. The van der Waals surface area contributed by atoms with Gasteiger partial charge in [0.1, 0.15) is 0 Å². The minimum absolute atomic E-state index is 0.0446. The summed E-state index contributed by atoms with van der Waals surface area (Å²) in [5.41, 5.74) is 0.712. The average Bonchev–Trinajstić information content (AvgIpc) is 2.95. The SMILES string of the molecule is O=C(NC1(CBr)CCCC1)c1cccc2ccccc12. The maximum atomic E-state index is 12.6. The van der Waals surface area contributed by atoms with E-state index in [1.165, 1.54) is 12.8 Å². The van der Waals surface area contributed by atoms with Gasteiger partial charge in [0.15, 0.2) is 0 Å². The highest BCUT2D eigenvalue weighted by Gasteiger charge is 2.34. The first-order valence-electron chi connectivity index (χ1n) is 7.10. The largest absolute Gasteiger partial charge is 0.346 e. The summed E-state index contributed by atoms with van der Waals surface area (Å²) < 4.78 is 0. The third kappa shape index (κ3) is 2.47. The highest BCUT2D eigenvalue weighted by molar-refractivity contribution is 9.09. The van der Waals surface area contributed by atoms with Crippen molar-refractivity contribution in [3.8, 4) is 0 Å². The lowest BCUT2D eigenvalue weighted by Gasteiger charge is -2.28. The van der Waals surface area contributed by atoms with Gasteiger partial charge in [-0.1, -0.05) is 65.2 Å². The van der Waals surface area contributed by atoms with Gasteiger partial charge in [-0.05, 0) is 29.7 Å². The van der Waals surface area contributed by atoms with Crippen molar-refractivity contribution in [2.45, 2.75) is 31.2 Å². The number of benzene rings is 2. The Bertz CT molecular complexity index is 626. The minimum atomic E-state index is -0.0615. The maximum absolute atomic E-state index is 12.6. The van der Waals surface area contributed by atoms with Crippen LogP contribution in [0.25, 0.3) is 10.8 Å². The van der Waals surface area contributed by atoms with Gasteiger partial charge in [0.05, 0.1) is 5.54 Å². The van der Waals surface area contributed by atoms with Crippen molar-refractivity contribution in [1.29, 1.82) is 0 Å². The number of carbonyl (C=O) groups is 1. The van der Waals surface area contributed by atoms with E-state index in [2.05, 4.69) is 21.2 Å². The summed E-state index contributed by atoms with van der Waals surface area (Å²) >= 11 is 3.57. The normalized spacial score (nSPS) is 17.2.